The van der Waals surface area contributed by atoms with Gasteiger partial charge in [0.1, 0.15) is 13.2 Å². The average molecular weight is 297 g/mol. The predicted octanol–water partition coefficient (Wildman–Crippen LogP) is 0.445. The molecule has 5 nitrogen and oxygen atoms in total. The number of hydrogen-bond acceptors (Lipinski definition) is 2. The second-order valence-corrected chi connectivity index (χ2v) is 5.66. The summed E-state index contributed by atoms with van der Waals surface area (Å²) in [5, 5.41) is 2.53. The number of rotatable bonds is 4. The van der Waals surface area contributed by atoms with Gasteiger partial charge in [0.15, 0.2) is 6.54 Å². The van der Waals surface area contributed by atoms with Crippen molar-refractivity contribution < 1.29 is 14.9 Å². The maximum Gasteiger partial charge on any atom is 0.279 e. The van der Waals surface area contributed by atoms with Crippen LogP contribution in [-0.4, -0.2) is 42.5 Å². The zero-order valence-electron chi connectivity index (χ0n) is 11.7. The minimum Gasteiger partial charge on any atom is -0.336 e. The van der Waals surface area contributed by atoms with Crippen LogP contribution in [0.15, 0.2) is 24.3 Å². The van der Waals surface area contributed by atoms with Gasteiger partial charge in [-0.05, 0) is 32.0 Å². The minimum atomic E-state index is -0.0786. The van der Waals surface area contributed by atoms with E-state index >= 15 is 0 Å². The maximum atomic E-state index is 12.0. The van der Waals surface area contributed by atoms with Gasteiger partial charge in [-0.3, -0.25) is 14.5 Å². The SMILES string of the molecule is CC(C)[NH2+]CC(=O)N1CC(=O)N(c2cccc(Cl)c2)C1. The Bertz CT molecular complexity index is 519. The van der Waals surface area contributed by atoms with E-state index in [4.69, 9.17) is 11.6 Å². The monoisotopic (exact) mass is 296 g/mol. The summed E-state index contributed by atoms with van der Waals surface area (Å²) in [6, 6.07) is 7.46. The van der Waals surface area contributed by atoms with Crippen molar-refractivity contribution in [3.05, 3.63) is 29.3 Å². The Balaban J connectivity index is 2.02. The topological polar surface area (TPSA) is 57.2 Å². The van der Waals surface area contributed by atoms with Gasteiger partial charge < -0.3 is 10.2 Å². The molecule has 1 aliphatic heterocycles. The predicted molar refractivity (Wildman–Crippen MR) is 77.4 cm³/mol. The van der Waals surface area contributed by atoms with Crippen LogP contribution in [0.3, 0.4) is 0 Å². The van der Waals surface area contributed by atoms with Crippen LogP contribution in [0.1, 0.15) is 13.8 Å². The molecule has 108 valence electrons. The summed E-state index contributed by atoms with van der Waals surface area (Å²) in [5.41, 5.74) is 0.727. The molecule has 1 saturated heterocycles. The van der Waals surface area contributed by atoms with Crippen LogP contribution in [0.25, 0.3) is 0 Å². The standard InChI is InChI=1S/C14H18ClN3O2/c1-10(2)16-7-13(19)17-8-14(20)18(9-17)12-5-3-4-11(15)6-12/h3-6,10,16H,7-9H2,1-2H3/p+1. The molecule has 2 rings (SSSR count). The summed E-state index contributed by atoms with van der Waals surface area (Å²) in [4.78, 5) is 27.2. The number of nitrogens with two attached hydrogens (primary N) is 1. The van der Waals surface area contributed by atoms with E-state index in [2.05, 4.69) is 0 Å². The summed E-state index contributed by atoms with van der Waals surface area (Å²) in [6.45, 7) is 4.86. The highest BCUT2D eigenvalue weighted by Gasteiger charge is 2.32. The summed E-state index contributed by atoms with van der Waals surface area (Å²) < 4.78 is 0. The molecule has 0 bridgehead atoms. The Morgan fingerprint density at radius 3 is 2.85 bits per heavy atom. The lowest BCUT2D eigenvalue weighted by atomic mass is 10.3. The number of nitrogens with zero attached hydrogens (tertiary/aromatic N) is 2. The van der Waals surface area contributed by atoms with Crippen LogP contribution in [0.4, 0.5) is 5.69 Å². The molecule has 2 amide bonds. The second-order valence-electron chi connectivity index (χ2n) is 5.22. The van der Waals surface area contributed by atoms with Crippen molar-refractivity contribution >= 4 is 29.1 Å². The van der Waals surface area contributed by atoms with Gasteiger partial charge in [-0.1, -0.05) is 17.7 Å². The van der Waals surface area contributed by atoms with Gasteiger partial charge >= 0.3 is 0 Å². The summed E-state index contributed by atoms with van der Waals surface area (Å²) in [7, 11) is 0. The molecule has 0 radical (unpaired) electrons. The van der Waals surface area contributed by atoms with Gasteiger partial charge in [0, 0.05) is 10.7 Å². The minimum absolute atomic E-state index is 0.0171. The van der Waals surface area contributed by atoms with Gasteiger partial charge in [-0.15, -0.1) is 0 Å². The highest BCUT2D eigenvalue weighted by Crippen LogP contribution is 2.22. The summed E-state index contributed by atoms with van der Waals surface area (Å²) >= 11 is 5.93. The van der Waals surface area contributed by atoms with Gasteiger partial charge in [-0.25, -0.2) is 0 Å². The van der Waals surface area contributed by atoms with Crippen molar-refractivity contribution in [3.8, 4) is 0 Å². The molecule has 1 aromatic carbocycles. The van der Waals surface area contributed by atoms with Crippen molar-refractivity contribution in [1.82, 2.24) is 4.90 Å². The molecular formula is C14H19ClN3O2+. The number of carbonyl (C=O) groups is 2. The smallest absolute Gasteiger partial charge is 0.279 e. The fourth-order valence-corrected chi connectivity index (χ4v) is 2.24. The quantitative estimate of drug-likeness (QED) is 0.877. The maximum absolute atomic E-state index is 12.0. The van der Waals surface area contributed by atoms with E-state index in [0.29, 0.717) is 24.3 Å². The number of quaternary nitrogens is 1. The van der Waals surface area contributed by atoms with Gasteiger partial charge in [0.2, 0.25) is 5.91 Å². The number of amides is 2. The fourth-order valence-electron chi connectivity index (χ4n) is 2.05. The van der Waals surface area contributed by atoms with Crippen molar-refractivity contribution in [1.29, 1.82) is 0 Å². The largest absolute Gasteiger partial charge is 0.336 e. The number of anilines is 1. The van der Waals surface area contributed by atoms with E-state index in [0.717, 1.165) is 5.69 Å². The van der Waals surface area contributed by atoms with E-state index in [-0.39, 0.29) is 18.4 Å². The lowest BCUT2D eigenvalue weighted by molar-refractivity contribution is -0.673. The highest BCUT2D eigenvalue weighted by atomic mass is 35.5. The lowest BCUT2D eigenvalue weighted by Crippen LogP contribution is -2.90. The Labute approximate surface area is 123 Å². The summed E-state index contributed by atoms with van der Waals surface area (Å²) in [6.07, 6.45) is 0. The Morgan fingerprint density at radius 2 is 2.20 bits per heavy atom. The number of halogens is 1. The normalized spacial score (nSPS) is 15.3. The van der Waals surface area contributed by atoms with Gasteiger partial charge in [0.25, 0.3) is 5.91 Å². The molecular weight excluding hydrogens is 278 g/mol. The van der Waals surface area contributed by atoms with Crippen LogP contribution in [-0.2, 0) is 9.59 Å². The van der Waals surface area contributed by atoms with E-state index in [1.165, 1.54) is 0 Å². The lowest BCUT2D eigenvalue weighted by Gasteiger charge is -2.18. The first-order chi connectivity index (χ1) is 9.47. The summed E-state index contributed by atoms with van der Waals surface area (Å²) in [5.74, 6) is -0.0956. The first-order valence-electron chi connectivity index (χ1n) is 6.64. The third-order valence-electron chi connectivity index (χ3n) is 3.18. The molecule has 0 spiro atoms. The molecule has 1 aromatic rings. The Morgan fingerprint density at radius 1 is 1.45 bits per heavy atom. The molecule has 0 atom stereocenters. The van der Waals surface area contributed by atoms with Crippen molar-refractivity contribution in [2.75, 3.05) is 24.7 Å². The third kappa shape index (κ3) is 3.49. The number of benzene rings is 1. The van der Waals surface area contributed by atoms with E-state index < -0.39 is 0 Å². The van der Waals surface area contributed by atoms with Crippen LogP contribution < -0.4 is 10.2 Å². The number of hydrogen-bond donors (Lipinski definition) is 1. The van der Waals surface area contributed by atoms with Gasteiger partial charge in [0.05, 0.1) is 6.04 Å². The van der Waals surface area contributed by atoms with Gasteiger partial charge in [-0.2, -0.15) is 0 Å². The fraction of sp³-hybridized carbons (Fsp3) is 0.429. The zero-order valence-corrected chi connectivity index (χ0v) is 12.4. The number of carbonyl (C=O) groups excluding carboxylic acids is 2. The molecule has 1 fully saturated rings. The molecule has 20 heavy (non-hydrogen) atoms. The van der Waals surface area contributed by atoms with Crippen molar-refractivity contribution in [2.24, 2.45) is 0 Å². The Hall–Kier alpha value is -1.59. The molecule has 0 saturated carbocycles. The first-order valence-corrected chi connectivity index (χ1v) is 7.02. The molecule has 0 unspecified atom stereocenters. The molecule has 0 aromatic heterocycles. The first kappa shape index (κ1) is 14.8. The average Bonchev–Trinajstić information content (AvgIpc) is 2.78. The second kappa shape index (κ2) is 6.24. The van der Waals surface area contributed by atoms with Crippen LogP contribution in [0, 0.1) is 0 Å². The highest BCUT2D eigenvalue weighted by molar-refractivity contribution is 6.30. The molecule has 1 heterocycles. The third-order valence-corrected chi connectivity index (χ3v) is 3.41. The van der Waals surface area contributed by atoms with E-state index in [1.807, 2.05) is 25.2 Å². The molecule has 0 aliphatic carbocycles. The van der Waals surface area contributed by atoms with E-state index in [9.17, 15) is 9.59 Å². The van der Waals surface area contributed by atoms with Crippen LogP contribution >= 0.6 is 11.6 Å². The molecule has 1 aliphatic rings. The van der Waals surface area contributed by atoms with E-state index in [1.54, 1.807) is 28.0 Å². The van der Waals surface area contributed by atoms with Crippen LogP contribution in [0.5, 0.6) is 0 Å². The van der Waals surface area contributed by atoms with Crippen molar-refractivity contribution in [2.45, 2.75) is 19.9 Å². The van der Waals surface area contributed by atoms with Crippen molar-refractivity contribution in [3.63, 3.8) is 0 Å². The van der Waals surface area contributed by atoms with Crippen LogP contribution in [0.2, 0.25) is 5.02 Å². The zero-order chi connectivity index (χ0) is 14.7. The molecule has 6 heteroatoms. The molecule has 2 N–H and O–H groups in total. The Kier molecular flexibility index (Phi) is 4.62.